The number of nitrogens with one attached hydrogen (secondary N) is 1. The second-order valence-corrected chi connectivity index (χ2v) is 10.5. The van der Waals surface area contributed by atoms with Gasteiger partial charge in [0.15, 0.2) is 5.82 Å². The number of carbonyl (C=O) groups is 1. The van der Waals surface area contributed by atoms with Gasteiger partial charge in [0.05, 0.1) is 11.2 Å². The monoisotopic (exact) mass is 510 g/mol. The first-order chi connectivity index (χ1) is 16.8. The Labute approximate surface area is 212 Å². The number of pyridine rings is 1. The normalized spacial score (nSPS) is 18.5. The Hall–Kier alpha value is -3.08. The highest BCUT2D eigenvalue weighted by Gasteiger charge is 2.46. The van der Waals surface area contributed by atoms with Gasteiger partial charge in [-0.2, -0.15) is 0 Å². The lowest BCUT2D eigenvalue weighted by Crippen LogP contribution is -2.44. The molecule has 1 spiro atoms. The van der Waals surface area contributed by atoms with Gasteiger partial charge in [-0.05, 0) is 54.0 Å². The Bertz CT molecular complexity index is 1290. The van der Waals surface area contributed by atoms with Gasteiger partial charge in [-0.25, -0.2) is 15.0 Å². The molecule has 2 aromatic heterocycles. The number of aromatic nitrogens is 3. The summed E-state index contributed by atoms with van der Waals surface area (Å²) in [5, 5.41) is 3.80. The van der Waals surface area contributed by atoms with Gasteiger partial charge in [-0.15, -0.1) is 0 Å². The van der Waals surface area contributed by atoms with Crippen molar-refractivity contribution < 1.29 is 4.79 Å². The maximum absolute atomic E-state index is 11.4. The molecule has 1 aliphatic carbocycles. The number of carbonyl (C=O) groups excluding carboxylic acids is 1. The number of rotatable bonds is 4. The van der Waals surface area contributed by atoms with Gasteiger partial charge in [0.25, 0.3) is 0 Å². The topological polar surface area (TPSA) is 149 Å². The molecule has 1 aliphatic heterocycles. The summed E-state index contributed by atoms with van der Waals surface area (Å²) < 4.78 is 0. The summed E-state index contributed by atoms with van der Waals surface area (Å²) in [5.41, 5.74) is 22.0. The summed E-state index contributed by atoms with van der Waals surface area (Å²) >= 11 is 7.56. The van der Waals surface area contributed by atoms with Crippen LogP contribution in [0.2, 0.25) is 5.02 Å². The lowest BCUT2D eigenvalue weighted by atomic mass is 9.73. The van der Waals surface area contributed by atoms with Crippen LogP contribution in [0.4, 0.5) is 23.1 Å². The van der Waals surface area contributed by atoms with E-state index in [2.05, 4.69) is 31.2 Å². The first-order valence-corrected chi connectivity index (χ1v) is 12.6. The van der Waals surface area contributed by atoms with Gasteiger partial charge >= 0.3 is 0 Å². The lowest BCUT2D eigenvalue weighted by Gasteiger charge is -2.42. The number of benzene rings is 1. The largest absolute Gasteiger partial charge is 0.382 e. The first-order valence-electron chi connectivity index (χ1n) is 11.4. The summed E-state index contributed by atoms with van der Waals surface area (Å²) in [6, 6.07) is 7.76. The summed E-state index contributed by atoms with van der Waals surface area (Å²) in [6.07, 6.45) is 6.15. The maximum Gasteiger partial charge on any atom is 0.221 e. The summed E-state index contributed by atoms with van der Waals surface area (Å²) in [4.78, 5) is 27.5. The SMILES string of the molecule is CC(=O)Nc1ccc2c(c1)[C@@H](N)C1(CCN(c3cnc(Sc4ccnc(N)c4Cl)c(N)n3)CC1)C2. The second kappa shape index (κ2) is 9.18. The number of nitrogen functional groups attached to an aromatic ring is 2. The van der Waals surface area contributed by atoms with Gasteiger partial charge in [0, 0.05) is 42.8 Å². The van der Waals surface area contributed by atoms with Gasteiger partial charge in [-0.1, -0.05) is 29.4 Å². The molecule has 1 amide bonds. The predicted octanol–water partition coefficient (Wildman–Crippen LogP) is 3.64. The summed E-state index contributed by atoms with van der Waals surface area (Å²) in [5.74, 6) is 1.27. The number of piperidine rings is 1. The molecule has 2 aliphatic rings. The molecule has 5 rings (SSSR count). The number of nitrogens with two attached hydrogens (primary N) is 3. The maximum atomic E-state index is 11.4. The lowest BCUT2D eigenvalue weighted by molar-refractivity contribution is -0.114. The molecule has 1 atom stereocenters. The molecule has 182 valence electrons. The molecule has 1 saturated heterocycles. The third kappa shape index (κ3) is 4.49. The molecular weight excluding hydrogens is 484 g/mol. The fourth-order valence-corrected chi connectivity index (χ4v) is 6.07. The van der Waals surface area contributed by atoms with Crippen LogP contribution in [0.25, 0.3) is 0 Å². The van der Waals surface area contributed by atoms with Crippen molar-refractivity contribution >= 4 is 52.4 Å². The third-order valence-corrected chi connectivity index (χ3v) is 8.50. The van der Waals surface area contributed by atoms with Crippen molar-refractivity contribution in [1.29, 1.82) is 0 Å². The molecule has 35 heavy (non-hydrogen) atoms. The van der Waals surface area contributed by atoms with Crippen LogP contribution in [0.5, 0.6) is 0 Å². The average Bonchev–Trinajstić information content (AvgIpc) is 3.09. The Kier molecular flexibility index (Phi) is 6.20. The molecule has 9 nitrogen and oxygen atoms in total. The van der Waals surface area contributed by atoms with E-state index in [1.54, 1.807) is 18.5 Å². The molecule has 0 radical (unpaired) electrons. The van der Waals surface area contributed by atoms with E-state index in [0.717, 1.165) is 54.3 Å². The Morgan fingerprint density at radius 2 is 1.97 bits per heavy atom. The fourth-order valence-electron chi connectivity index (χ4n) is 5.05. The van der Waals surface area contributed by atoms with Crippen LogP contribution in [0.3, 0.4) is 0 Å². The van der Waals surface area contributed by atoms with E-state index in [0.29, 0.717) is 15.9 Å². The minimum absolute atomic E-state index is 0.000467. The van der Waals surface area contributed by atoms with Crippen LogP contribution < -0.4 is 27.4 Å². The molecule has 1 fully saturated rings. The molecule has 1 aromatic carbocycles. The number of anilines is 4. The van der Waals surface area contributed by atoms with Crippen molar-refractivity contribution in [3.05, 3.63) is 52.8 Å². The van der Waals surface area contributed by atoms with Gasteiger partial charge in [-0.3, -0.25) is 4.79 Å². The Morgan fingerprint density at radius 1 is 1.20 bits per heavy atom. The first kappa shape index (κ1) is 23.7. The highest BCUT2D eigenvalue weighted by molar-refractivity contribution is 7.99. The van der Waals surface area contributed by atoms with E-state index in [1.165, 1.54) is 24.2 Å². The van der Waals surface area contributed by atoms with Crippen molar-refractivity contribution in [2.45, 2.75) is 42.1 Å². The van der Waals surface area contributed by atoms with Gasteiger partial charge in [0.2, 0.25) is 5.91 Å². The van der Waals surface area contributed by atoms with E-state index in [-0.39, 0.29) is 23.2 Å². The number of hydrogen-bond acceptors (Lipinski definition) is 9. The Balaban J connectivity index is 1.27. The van der Waals surface area contributed by atoms with Crippen molar-refractivity contribution in [3.63, 3.8) is 0 Å². The minimum atomic E-state index is -0.0858. The molecule has 7 N–H and O–H groups in total. The minimum Gasteiger partial charge on any atom is -0.382 e. The molecule has 11 heteroatoms. The van der Waals surface area contributed by atoms with Crippen LogP contribution in [-0.2, 0) is 11.2 Å². The predicted molar refractivity (Wildman–Crippen MR) is 139 cm³/mol. The average molecular weight is 511 g/mol. The zero-order chi connectivity index (χ0) is 24.7. The number of hydrogen-bond donors (Lipinski definition) is 4. The molecule has 0 unspecified atom stereocenters. The highest BCUT2D eigenvalue weighted by atomic mass is 35.5. The summed E-state index contributed by atoms with van der Waals surface area (Å²) in [6.45, 7) is 3.14. The zero-order valence-electron chi connectivity index (χ0n) is 19.3. The second-order valence-electron chi connectivity index (χ2n) is 9.13. The molecule has 3 heterocycles. The highest BCUT2D eigenvalue weighted by Crippen LogP contribution is 2.51. The van der Waals surface area contributed by atoms with Crippen LogP contribution in [-0.4, -0.2) is 33.9 Å². The van der Waals surface area contributed by atoms with Gasteiger partial charge in [0.1, 0.15) is 16.7 Å². The standard InChI is InChI=1S/C24H27ClN8OS/c1-13(34)31-15-3-2-14-11-24(20(26)16(14)10-15)5-8-33(9-6-24)18-12-30-23(22(28)32-18)35-17-4-7-29-21(27)19(17)25/h2-4,7,10,12,20H,5-6,8-9,11,26H2,1H3,(H2,27,29)(H2,28,32)(H,31,34)/t20-/m1/s1. The van der Waals surface area contributed by atoms with Crippen LogP contribution in [0.15, 0.2) is 46.6 Å². The quantitative estimate of drug-likeness (QED) is 0.412. The van der Waals surface area contributed by atoms with Crippen molar-refractivity contribution in [3.8, 4) is 0 Å². The van der Waals surface area contributed by atoms with Crippen LogP contribution >= 0.6 is 23.4 Å². The number of amides is 1. The van der Waals surface area contributed by atoms with E-state index >= 15 is 0 Å². The van der Waals surface area contributed by atoms with E-state index in [9.17, 15) is 4.79 Å². The van der Waals surface area contributed by atoms with Crippen LogP contribution in [0.1, 0.15) is 36.9 Å². The molecule has 0 saturated carbocycles. The number of halogens is 1. The smallest absolute Gasteiger partial charge is 0.221 e. The fraction of sp³-hybridized carbons (Fsp3) is 0.333. The number of fused-ring (bicyclic) bond motifs is 1. The number of nitrogens with zero attached hydrogens (tertiary/aromatic N) is 4. The zero-order valence-corrected chi connectivity index (χ0v) is 20.9. The Morgan fingerprint density at radius 3 is 2.69 bits per heavy atom. The molecule has 0 bridgehead atoms. The van der Waals surface area contributed by atoms with Gasteiger partial charge < -0.3 is 27.4 Å². The van der Waals surface area contributed by atoms with Crippen molar-refractivity contribution in [2.24, 2.45) is 11.1 Å². The molecule has 3 aromatic rings. The van der Waals surface area contributed by atoms with Crippen molar-refractivity contribution in [2.75, 3.05) is 34.8 Å². The summed E-state index contributed by atoms with van der Waals surface area (Å²) in [7, 11) is 0. The van der Waals surface area contributed by atoms with E-state index < -0.39 is 0 Å². The van der Waals surface area contributed by atoms with E-state index in [1.807, 2.05) is 12.1 Å². The van der Waals surface area contributed by atoms with E-state index in [4.69, 9.17) is 28.8 Å². The van der Waals surface area contributed by atoms with Crippen molar-refractivity contribution in [1.82, 2.24) is 15.0 Å². The van der Waals surface area contributed by atoms with Crippen LogP contribution in [0, 0.1) is 5.41 Å². The molecular formula is C24H27ClN8OS. The third-order valence-electron chi connectivity index (χ3n) is 6.93.